The summed E-state index contributed by atoms with van der Waals surface area (Å²) in [6.07, 6.45) is 0.866. The summed E-state index contributed by atoms with van der Waals surface area (Å²) in [5.41, 5.74) is 2.88. The predicted octanol–water partition coefficient (Wildman–Crippen LogP) is 6.09. The maximum Gasteiger partial charge on any atom is 0.120 e. The van der Waals surface area contributed by atoms with E-state index in [1.54, 1.807) is 19.2 Å². The summed E-state index contributed by atoms with van der Waals surface area (Å²) < 4.78 is 11.1. The Labute approximate surface area is 186 Å². The van der Waals surface area contributed by atoms with Crippen molar-refractivity contribution in [3.63, 3.8) is 0 Å². The SMILES string of the molecule is COc1ccc(CCNC(=S)c2cccc(OCc3c(Cl)cccc3Cl)c2)cc1. The Bertz CT molecular complexity index is 957. The van der Waals surface area contributed by atoms with Crippen molar-refractivity contribution in [1.29, 1.82) is 0 Å². The van der Waals surface area contributed by atoms with Gasteiger partial charge in [0.1, 0.15) is 23.1 Å². The van der Waals surface area contributed by atoms with Crippen molar-refractivity contribution < 1.29 is 9.47 Å². The van der Waals surface area contributed by atoms with Crippen molar-refractivity contribution in [2.75, 3.05) is 13.7 Å². The standard InChI is InChI=1S/C23H21Cl2NO2S/c1-27-18-10-8-16(9-11-18)12-13-26-23(29)17-4-2-5-19(14-17)28-15-20-21(24)6-3-7-22(20)25/h2-11,14H,12-13,15H2,1H3,(H,26,29). The Kier molecular flexibility index (Phi) is 7.76. The van der Waals surface area contributed by atoms with Crippen LogP contribution in [0.1, 0.15) is 16.7 Å². The summed E-state index contributed by atoms with van der Waals surface area (Å²) in [6.45, 7) is 1.03. The smallest absolute Gasteiger partial charge is 0.120 e. The van der Waals surface area contributed by atoms with E-state index in [2.05, 4.69) is 17.4 Å². The van der Waals surface area contributed by atoms with Gasteiger partial charge in [-0.1, -0.05) is 65.8 Å². The highest BCUT2D eigenvalue weighted by molar-refractivity contribution is 7.80. The van der Waals surface area contributed by atoms with Gasteiger partial charge in [-0.25, -0.2) is 0 Å². The number of thiocarbonyl (C=S) groups is 1. The minimum Gasteiger partial charge on any atom is -0.497 e. The Morgan fingerprint density at radius 3 is 2.31 bits per heavy atom. The third-order valence-electron chi connectivity index (χ3n) is 4.40. The number of hydrogen-bond donors (Lipinski definition) is 1. The van der Waals surface area contributed by atoms with Gasteiger partial charge in [0, 0.05) is 27.7 Å². The van der Waals surface area contributed by atoms with Crippen LogP contribution in [-0.4, -0.2) is 18.6 Å². The molecule has 0 fully saturated rings. The summed E-state index contributed by atoms with van der Waals surface area (Å²) in [6, 6.07) is 21.1. The molecular formula is C23H21Cl2NO2S. The molecule has 0 aromatic heterocycles. The van der Waals surface area contributed by atoms with Gasteiger partial charge in [-0.2, -0.15) is 0 Å². The number of ether oxygens (including phenoxy) is 2. The van der Waals surface area contributed by atoms with E-state index in [-0.39, 0.29) is 0 Å². The molecule has 0 aliphatic carbocycles. The molecule has 0 saturated heterocycles. The molecule has 29 heavy (non-hydrogen) atoms. The van der Waals surface area contributed by atoms with Crippen LogP contribution >= 0.6 is 35.4 Å². The largest absolute Gasteiger partial charge is 0.497 e. The molecule has 0 amide bonds. The number of hydrogen-bond acceptors (Lipinski definition) is 3. The third kappa shape index (κ3) is 6.10. The fourth-order valence-electron chi connectivity index (χ4n) is 2.77. The lowest BCUT2D eigenvalue weighted by Crippen LogP contribution is -2.24. The number of nitrogens with one attached hydrogen (secondary N) is 1. The van der Waals surface area contributed by atoms with Crippen molar-refractivity contribution in [2.45, 2.75) is 13.0 Å². The van der Waals surface area contributed by atoms with E-state index in [1.807, 2.05) is 42.5 Å². The van der Waals surface area contributed by atoms with Crippen LogP contribution in [0, 0.1) is 0 Å². The number of halogens is 2. The van der Waals surface area contributed by atoms with Gasteiger partial charge in [0.15, 0.2) is 0 Å². The van der Waals surface area contributed by atoms with E-state index in [1.165, 1.54) is 5.56 Å². The molecule has 1 N–H and O–H groups in total. The van der Waals surface area contributed by atoms with Crippen molar-refractivity contribution in [2.24, 2.45) is 0 Å². The normalized spacial score (nSPS) is 10.4. The zero-order chi connectivity index (χ0) is 20.6. The molecule has 3 nitrogen and oxygen atoms in total. The molecule has 0 aliphatic heterocycles. The van der Waals surface area contributed by atoms with Crippen molar-refractivity contribution in [1.82, 2.24) is 5.32 Å². The lowest BCUT2D eigenvalue weighted by molar-refractivity contribution is 0.306. The zero-order valence-electron chi connectivity index (χ0n) is 16.0. The summed E-state index contributed by atoms with van der Waals surface area (Å²) in [5.74, 6) is 1.56. The highest BCUT2D eigenvalue weighted by Gasteiger charge is 2.08. The molecule has 0 atom stereocenters. The van der Waals surface area contributed by atoms with Crippen LogP contribution in [0.25, 0.3) is 0 Å². The first-order valence-electron chi connectivity index (χ1n) is 9.13. The molecule has 0 radical (unpaired) electrons. The van der Waals surface area contributed by atoms with Crippen molar-refractivity contribution in [3.05, 3.63) is 93.5 Å². The van der Waals surface area contributed by atoms with E-state index in [9.17, 15) is 0 Å². The number of rotatable bonds is 8. The molecule has 0 heterocycles. The number of benzene rings is 3. The van der Waals surface area contributed by atoms with Gasteiger partial charge in [-0.3, -0.25) is 0 Å². The van der Waals surface area contributed by atoms with Gasteiger partial charge < -0.3 is 14.8 Å². The van der Waals surface area contributed by atoms with Gasteiger partial charge in [-0.15, -0.1) is 0 Å². The first kappa shape index (κ1) is 21.4. The molecule has 0 unspecified atom stereocenters. The maximum absolute atomic E-state index is 6.20. The third-order valence-corrected chi connectivity index (χ3v) is 5.49. The van der Waals surface area contributed by atoms with Crippen molar-refractivity contribution >= 4 is 40.4 Å². The highest BCUT2D eigenvalue weighted by atomic mass is 35.5. The van der Waals surface area contributed by atoms with Gasteiger partial charge in [0.05, 0.1) is 7.11 Å². The zero-order valence-corrected chi connectivity index (χ0v) is 18.3. The molecule has 3 aromatic rings. The second-order valence-electron chi connectivity index (χ2n) is 6.37. The monoisotopic (exact) mass is 445 g/mol. The van der Waals surface area contributed by atoms with Gasteiger partial charge in [0.2, 0.25) is 0 Å². The molecule has 0 saturated carbocycles. The molecule has 0 bridgehead atoms. The van der Waals surface area contributed by atoms with E-state index < -0.39 is 0 Å². The van der Waals surface area contributed by atoms with Gasteiger partial charge in [-0.05, 0) is 48.4 Å². The fourth-order valence-corrected chi connectivity index (χ4v) is 3.50. The van der Waals surface area contributed by atoms with Gasteiger partial charge in [0.25, 0.3) is 0 Å². The first-order valence-corrected chi connectivity index (χ1v) is 10.3. The van der Waals surface area contributed by atoms with Crippen LogP contribution in [0.2, 0.25) is 10.0 Å². The van der Waals surface area contributed by atoms with E-state index in [0.29, 0.717) is 27.4 Å². The molecule has 6 heteroatoms. The Hall–Kier alpha value is -2.27. The molecule has 3 aromatic carbocycles. The minimum absolute atomic E-state index is 0.291. The minimum atomic E-state index is 0.291. The summed E-state index contributed by atoms with van der Waals surface area (Å²) >= 11 is 17.9. The average Bonchev–Trinajstić information content (AvgIpc) is 2.74. The average molecular weight is 446 g/mol. The topological polar surface area (TPSA) is 30.5 Å². The van der Waals surface area contributed by atoms with Crippen LogP contribution in [0.5, 0.6) is 11.5 Å². The molecular weight excluding hydrogens is 425 g/mol. The Morgan fingerprint density at radius 2 is 1.62 bits per heavy atom. The number of methoxy groups -OCH3 is 1. The molecule has 3 rings (SSSR count). The van der Waals surface area contributed by atoms with Gasteiger partial charge >= 0.3 is 0 Å². The lowest BCUT2D eigenvalue weighted by atomic mass is 10.1. The Morgan fingerprint density at radius 1 is 0.931 bits per heavy atom. The fraction of sp³-hybridized carbons (Fsp3) is 0.174. The van der Waals surface area contributed by atoms with Crippen LogP contribution in [0.4, 0.5) is 0 Å². The molecule has 150 valence electrons. The highest BCUT2D eigenvalue weighted by Crippen LogP contribution is 2.26. The van der Waals surface area contributed by atoms with Crippen LogP contribution in [0.15, 0.2) is 66.7 Å². The quantitative estimate of drug-likeness (QED) is 0.425. The molecule has 0 aliphatic rings. The Balaban J connectivity index is 1.54. The van der Waals surface area contributed by atoms with Crippen molar-refractivity contribution in [3.8, 4) is 11.5 Å². The van der Waals surface area contributed by atoms with E-state index >= 15 is 0 Å². The van der Waals surface area contributed by atoms with Crippen LogP contribution in [0.3, 0.4) is 0 Å². The maximum atomic E-state index is 6.20. The van der Waals surface area contributed by atoms with E-state index in [0.717, 1.165) is 29.8 Å². The first-order chi connectivity index (χ1) is 14.1. The summed E-state index contributed by atoms with van der Waals surface area (Å²) in [7, 11) is 1.66. The van der Waals surface area contributed by atoms with Crippen LogP contribution in [-0.2, 0) is 13.0 Å². The second-order valence-corrected chi connectivity index (χ2v) is 7.59. The summed E-state index contributed by atoms with van der Waals surface area (Å²) in [5, 5.41) is 4.47. The van der Waals surface area contributed by atoms with Crippen LogP contribution < -0.4 is 14.8 Å². The summed E-state index contributed by atoms with van der Waals surface area (Å²) in [4.78, 5) is 0.680. The molecule has 0 spiro atoms. The predicted molar refractivity (Wildman–Crippen MR) is 124 cm³/mol. The second kappa shape index (κ2) is 10.5. The van der Waals surface area contributed by atoms with E-state index in [4.69, 9.17) is 44.9 Å². The lowest BCUT2D eigenvalue weighted by Gasteiger charge is -2.12.